The molecule has 0 bridgehead atoms. The van der Waals surface area contributed by atoms with E-state index in [9.17, 15) is 5.11 Å². The maximum Gasteiger partial charge on any atom is 0.284 e. The Morgan fingerprint density at radius 2 is 1.78 bits per heavy atom. The Labute approximate surface area is 111 Å². The van der Waals surface area contributed by atoms with Crippen LogP contribution in [0.2, 0.25) is 5.02 Å². The van der Waals surface area contributed by atoms with Gasteiger partial charge in [0.1, 0.15) is 0 Å². The average molecular weight is 261 g/mol. The van der Waals surface area contributed by atoms with E-state index in [1.807, 2.05) is 42.5 Å². The van der Waals surface area contributed by atoms with E-state index < -0.39 is 0 Å². The van der Waals surface area contributed by atoms with Gasteiger partial charge >= 0.3 is 0 Å². The van der Waals surface area contributed by atoms with Gasteiger partial charge in [0.05, 0.1) is 12.7 Å². The Hall–Kier alpha value is -1.93. The fourth-order valence-corrected chi connectivity index (χ4v) is 1.79. The van der Waals surface area contributed by atoms with E-state index in [-0.39, 0.29) is 5.95 Å². The third-order valence-corrected chi connectivity index (χ3v) is 2.83. The molecular formula is C15H13ClO2. The summed E-state index contributed by atoms with van der Waals surface area (Å²) in [5.41, 5.74) is 2.48. The smallest absolute Gasteiger partial charge is 0.284 e. The van der Waals surface area contributed by atoms with E-state index in [0.717, 1.165) is 11.1 Å². The number of hydrogen-bond donors (Lipinski definition) is 1. The molecule has 0 saturated heterocycles. The van der Waals surface area contributed by atoms with Gasteiger partial charge in [-0.1, -0.05) is 48.0 Å². The normalized spacial score (nSPS) is 14.7. The van der Waals surface area contributed by atoms with E-state index in [1.54, 1.807) is 12.1 Å². The van der Waals surface area contributed by atoms with Crippen LogP contribution in [-0.2, 0) is 4.74 Å². The minimum absolute atomic E-state index is 0.112. The summed E-state index contributed by atoms with van der Waals surface area (Å²) >= 11 is 5.85. The Morgan fingerprint density at radius 3 is 2.33 bits per heavy atom. The van der Waals surface area contributed by atoms with Gasteiger partial charge in [-0.15, -0.1) is 0 Å². The highest BCUT2D eigenvalue weighted by Crippen LogP contribution is 2.24. The second-order valence-electron chi connectivity index (χ2n) is 3.79. The Balaban J connectivity index is 2.44. The number of aliphatic hydroxyl groups excluding tert-OH is 1. The average Bonchev–Trinajstić information content (AvgIpc) is 2.89. The zero-order chi connectivity index (χ0) is 13.0. The molecule has 0 unspecified atom stereocenters. The third kappa shape index (κ3) is 2.84. The topological polar surface area (TPSA) is 29.5 Å². The summed E-state index contributed by atoms with van der Waals surface area (Å²) in [6.45, 7) is 0. The van der Waals surface area contributed by atoms with Crippen molar-refractivity contribution in [1.82, 2.24) is 0 Å². The maximum absolute atomic E-state index is 9.83. The second kappa shape index (κ2) is 5.61. The molecule has 0 fully saturated rings. The van der Waals surface area contributed by atoms with Crippen LogP contribution in [0.3, 0.4) is 0 Å². The van der Waals surface area contributed by atoms with Crippen molar-refractivity contribution in [3.63, 3.8) is 0 Å². The summed E-state index contributed by atoms with van der Waals surface area (Å²) in [5, 5.41) is 10.5. The zero-order valence-electron chi connectivity index (χ0n) is 9.93. The molecule has 0 radical (unpaired) electrons. The van der Waals surface area contributed by atoms with Gasteiger partial charge in [0.15, 0.2) is 0 Å². The van der Waals surface area contributed by atoms with E-state index in [1.165, 1.54) is 7.11 Å². The third-order valence-electron chi connectivity index (χ3n) is 2.58. The van der Waals surface area contributed by atoms with Crippen molar-refractivity contribution >= 4 is 17.2 Å². The standard InChI is InChI=1S/C15H13ClO2/c1-18-15(17)14(10-11-4-2-3-5-11)12-6-8-13(16)9-7-12/h2-10,17H,1H3/b15-14-. The molecule has 0 spiro atoms. The van der Waals surface area contributed by atoms with Crippen molar-refractivity contribution in [3.8, 4) is 0 Å². The van der Waals surface area contributed by atoms with Crippen LogP contribution in [0.5, 0.6) is 0 Å². The second-order valence-corrected chi connectivity index (χ2v) is 4.23. The van der Waals surface area contributed by atoms with Gasteiger partial charge in [0.2, 0.25) is 0 Å². The molecule has 2 nitrogen and oxygen atoms in total. The molecule has 1 aromatic rings. The fraction of sp³-hybridized carbons (Fsp3) is 0.0667. The monoisotopic (exact) mass is 260 g/mol. The lowest BCUT2D eigenvalue weighted by Gasteiger charge is -2.07. The van der Waals surface area contributed by atoms with Crippen molar-refractivity contribution in [2.75, 3.05) is 7.11 Å². The molecule has 0 heterocycles. The number of aliphatic hydroxyl groups is 1. The lowest BCUT2D eigenvalue weighted by atomic mass is 10.0. The number of ether oxygens (including phenoxy) is 1. The first-order chi connectivity index (χ1) is 8.70. The number of hydrogen-bond acceptors (Lipinski definition) is 2. The van der Waals surface area contributed by atoms with Gasteiger partial charge in [-0.05, 0) is 29.3 Å². The molecule has 0 saturated carbocycles. The van der Waals surface area contributed by atoms with Crippen LogP contribution in [0.4, 0.5) is 0 Å². The van der Waals surface area contributed by atoms with Gasteiger partial charge < -0.3 is 9.84 Å². The van der Waals surface area contributed by atoms with Crippen molar-refractivity contribution in [3.05, 3.63) is 76.7 Å². The van der Waals surface area contributed by atoms with Crippen molar-refractivity contribution in [2.24, 2.45) is 0 Å². The molecule has 0 atom stereocenters. The van der Waals surface area contributed by atoms with Gasteiger partial charge in [-0.25, -0.2) is 0 Å². The van der Waals surface area contributed by atoms with Gasteiger partial charge in [0.25, 0.3) is 5.95 Å². The number of methoxy groups -OCH3 is 1. The molecule has 1 N–H and O–H groups in total. The molecule has 3 heteroatoms. The molecule has 0 aromatic heterocycles. The summed E-state index contributed by atoms with van der Waals surface area (Å²) in [6.07, 6.45) is 9.66. The minimum Gasteiger partial charge on any atom is -0.481 e. The molecule has 1 aromatic carbocycles. The van der Waals surface area contributed by atoms with Crippen LogP contribution in [0.15, 0.2) is 66.2 Å². The fourth-order valence-electron chi connectivity index (χ4n) is 1.66. The quantitative estimate of drug-likeness (QED) is 0.823. The number of benzene rings is 1. The lowest BCUT2D eigenvalue weighted by molar-refractivity contribution is 0.139. The Bertz CT molecular complexity index is 534. The largest absolute Gasteiger partial charge is 0.481 e. The van der Waals surface area contributed by atoms with Crippen LogP contribution in [0, 0.1) is 0 Å². The summed E-state index contributed by atoms with van der Waals surface area (Å²) < 4.78 is 4.92. The van der Waals surface area contributed by atoms with E-state index in [0.29, 0.717) is 10.6 Å². The highest BCUT2D eigenvalue weighted by atomic mass is 35.5. The van der Waals surface area contributed by atoms with E-state index in [2.05, 4.69) is 0 Å². The first-order valence-electron chi connectivity index (χ1n) is 5.50. The Morgan fingerprint density at radius 1 is 1.17 bits per heavy atom. The van der Waals surface area contributed by atoms with Crippen LogP contribution in [0.25, 0.3) is 5.57 Å². The van der Waals surface area contributed by atoms with Crippen LogP contribution in [-0.4, -0.2) is 12.2 Å². The first kappa shape index (κ1) is 12.5. The van der Waals surface area contributed by atoms with Gasteiger partial charge in [-0.3, -0.25) is 0 Å². The predicted molar refractivity (Wildman–Crippen MR) is 74.4 cm³/mol. The molecule has 18 heavy (non-hydrogen) atoms. The summed E-state index contributed by atoms with van der Waals surface area (Å²) in [6, 6.07) is 7.23. The van der Waals surface area contributed by atoms with E-state index in [4.69, 9.17) is 16.3 Å². The van der Waals surface area contributed by atoms with E-state index >= 15 is 0 Å². The van der Waals surface area contributed by atoms with Crippen molar-refractivity contribution in [1.29, 1.82) is 0 Å². The lowest BCUT2D eigenvalue weighted by Crippen LogP contribution is -1.92. The Kier molecular flexibility index (Phi) is 3.90. The predicted octanol–water partition coefficient (Wildman–Crippen LogP) is 4.27. The summed E-state index contributed by atoms with van der Waals surface area (Å²) in [4.78, 5) is 0. The van der Waals surface area contributed by atoms with Crippen LogP contribution in [0.1, 0.15) is 5.56 Å². The van der Waals surface area contributed by atoms with Crippen LogP contribution >= 0.6 is 11.6 Å². The number of rotatable bonds is 3. The molecule has 0 aliphatic heterocycles. The molecule has 0 amide bonds. The maximum atomic E-state index is 9.83. The zero-order valence-corrected chi connectivity index (χ0v) is 10.7. The minimum atomic E-state index is -0.112. The summed E-state index contributed by atoms with van der Waals surface area (Å²) in [7, 11) is 1.43. The highest BCUT2D eigenvalue weighted by Gasteiger charge is 2.08. The molecule has 2 rings (SSSR count). The van der Waals surface area contributed by atoms with Gasteiger partial charge in [0, 0.05) is 5.02 Å². The first-order valence-corrected chi connectivity index (χ1v) is 5.88. The molecule has 1 aliphatic carbocycles. The SMILES string of the molecule is CO/C(O)=C(/C=C1C=CC=C1)c1ccc(Cl)cc1. The molecule has 1 aliphatic rings. The molecular weight excluding hydrogens is 248 g/mol. The number of halogens is 1. The highest BCUT2D eigenvalue weighted by molar-refractivity contribution is 6.30. The number of allylic oxidation sites excluding steroid dienone is 7. The van der Waals surface area contributed by atoms with Gasteiger partial charge in [-0.2, -0.15) is 0 Å². The molecule has 92 valence electrons. The van der Waals surface area contributed by atoms with Crippen molar-refractivity contribution < 1.29 is 9.84 Å². The van der Waals surface area contributed by atoms with Crippen LogP contribution < -0.4 is 0 Å². The summed E-state index contributed by atoms with van der Waals surface area (Å²) in [5.74, 6) is -0.112. The van der Waals surface area contributed by atoms with Crippen molar-refractivity contribution in [2.45, 2.75) is 0 Å².